The van der Waals surface area contributed by atoms with Crippen molar-refractivity contribution in [3.05, 3.63) is 24.3 Å². The molecule has 7 heteroatoms. The molecule has 1 atom stereocenters. The van der Waals surface area contributed by atoms with Gasteiger partial charge < -0.3 is 20.3 Å². The third kappa shape index (κ3) is 5.16. The maximum atomic E-state index is 12.5. The van der Waals surface area contributed by atoms with Gasteiger partial charge in [0.2, 0.25) is 5.91 Å². The number of para-hydroxylation sites is 2. The summed E-state index contributed by atoms with van der Waals surface area (Å²) in [5, 5.41) is 0. The number of halogens is 2. The number of hydrogen-bond acceptors (Lipinski definition) is 4. The number of carbonyl (C=O) groups is 1. The number of anilines is 1. The number of nitrogens with two attached hydrogens (primary N) is 1. The summed E-state index contributed by atoms with van der Waals surface area (Å²) in [6.07, 6.45) is 0. The van der Waals surface area contributed by atoms with Crippen molar-refractivity contribution in [2.24, 2.45) is 11.1 Å². The van der Waals surface area contributed by atoms with Gasteiger partial charge in [0, 0.05) is 26.2 Å². The molecule has 0 aliphatic carbocycles. The van der Waals surface area contributed by atoms with Gasteiger partial charge in [-0.1, -0.05) is 32.9 Å². The first-order valence-corrected chi connectivity index (χ1v) is 7.77. The molecular weight excluding hydrogens is 349 g/mol. The van der Waals surface area contributed by atoms with Crippen LogP contribution in [-0.2, 0) is 4.79 Å². The number of methoxy groups -OCH3 is 1. The summed E-state index contributed by atoms with van der Waals surface area (Å²) < 4.78 is 5.41. The zero-order valence-electron chi connectivity index (χ0n) is 14.8. The molecule has 1 aromatic carbocycles. The highest BCUT2D eigenvalue weighted by atomic mass is 35.5. The maximum Gasteiger partial charge on any atom is 0.240 e. The van der Waals surface area contributed by atoms with E-state index in [1.807, 2.05) is 43.9 Å². The van der Waals surface area contributed by atoms with Crippen molar-refractivity contribution in [1.82, 2.24) is 4.90 Å². The summed E-state index contributed by atoms with van der Waals surface area (Å²) >= 11 is 0. The fraction of sp³-hybridized carbons (Fsp3) is 0.588. The fourth-order valence-electron chi connectivity index (χ4n) is 2.63. The second-order valence-electron chi connectivity index (χ2n) is 6.83. The molecule has 1 heterocycles. The molecule has 0 bridgehead atoms. The summed E-state index contributed by atoms with van der Waals surface area (Å²) in [6.45, 7) is 8.98. The smallest absolute Gasteiger partial charge is 0.240 e. The Kier molecular flexibility index (Phi) is 8.89. The molecule has 0 aromatic heterocycles. The lowest BCUT2D eigenvalue weighted by atomic mass is 9.86. The first-order valence-electron chi connectivity index (χ1n) is 7.77. The second kappa shape index (κ2) is 9.35. The lowest BCUT2D eigenvalue weighted by molar-refractivity contribution is -0.135. The molecule has 138 valence electrons. The summed E-state index contributed by atoms with van der Waals surface area (Å²) in [7, 11) is 1.68. The fourth-order valence-corrected chi connectivity index (χ4v) is 2.63. The molecule has 0 unspecified atom stereocenters. The molecule has 0 saturated carbocycles. The Balaban J connectivity index is 0.00000264. The molecule has 1 aliphatic heterocycles. The number of ether oxygens (including phenoxy) is 1. The molecule has 0 spiro atoms. The Morgan fingerprint density at radius 3 is 2.17 bits per heavy atom. The number of hydrogen-bond donors (Lipinski definition) is 1. The molecule has 5 nitrogen and oxygen atoms in total. The molecule has 0 radical (unpaired) electrons. The van der Waals surface area contributed by atoms with Crippen molar-refractivity contribution in [2.75, 3.05) is 38.2 Å². The predicted molar refractivity (Wildman–Crippen MR) is 104 cm³/mol. The Morgan fingerprint density at radius 1 is 1.12 bits per heavy atom. The van der Waals surface area contributed by atoms with Gasteiger partial charge in [-0.05, 0) is 17.5 Å². The predicted octanol–water partition coefficient (Wildman–Crippen LogP) is 2.56. The lowest BCUT2D eigenvalue weighted by Gasteiger charge is -2.39. The molecule has 1 saturated heterocycles. The minimum absolute atomic E-state index is 0. The van der Waals surface area contributed by atoms with Crippen molar-refractivity contribution < 1.29 is 9.53 Å². The van der Waals surface area contributed by atoms with Crippen molar-refractivity contribution in [2.45, 2.75) is 26.8 Å². The molecule has 2 rings (SSSR count). The van der Waals surface area contributed by atoms with E-state index in [1.165, 1.54) is 0 Å². The van der Waals surface area contributed by atoms with E-state index >= 15 is 0 Å². The van der Waals surface area contributed by atoms with E-state index in [0.29, 0.717) is 13.1 Å². The Hall–Kier alpha value is -1.17. The van der Waals surface area contributed by atoms with Gasteiger partial charge in [0.05, 0.1) is 18.8 Å². The number of piperazine rings is 1. The van der Waals surface area contributed by atoms with Gasteiger partial charge in [-0.3, -0.25) is 4.79 Å². The van der Waals surface area contributed by atoms with E-state index in [2.05, 4.69) is 11.0 Å². The molecule has 1 fully saturated rings. The van der Waals surface area contributed by atoms with Crippen LogP contribution in [0, 0.1) is 5.41 Å². The van der Waals surface area contributed by atoms with Crippen LogP contribution in [0.1, 0.15) is 20.8 Å². The average molecular weight is 378 g/mol. The third-order valence-electron chi connectivity index (χ3n) is 4.22. The van der Waals surface area contributed by atoms with Gasteiger partial charge in [-0.25, -0.2) is 0 Å². The van der Waals surface area contributed by atoms with Gasteiger partial charge >= 0.3 is 0 Å². The van der Waals surface area contributed by atoms with E-state index < -0.39 is 6.04 Å². The number of rotatable bonds is 3. The van der Waals surface area contributed by atoms with Crippen LogP contribution in [0.3, 0.4) is 0 Å². The highest BCUT2D eigenvalue weighted by molar-refractivity contribution is 5.85. The molecule has 2 N–H and O–H groups in total. The van der Waals surface area contributed by atoms with E-state index in [1.54, 1.807) is 7.11 Å². The standard InChI is InChI=1S/C17H27N3O2.2ClH/c1-17(2,3)15(18)16(21)20-11-9-19(10-12-20)13-7-5-6-8-14(13)22-4;;/h5-8,15H,9-12,18H2,1-4H3;2*1H/t15-;;/m1../s1. The molecule has 24 heavy (non-hydrogen) atoms. The van der Waals surface area contributed by atoms with Crippen LogP contribution in [0.15, 0.2) is 24.3 Å². The summed E-state index contributed by atoms with van der Waals surface area (Å²) in [5.41, 5.74) is 6.96. The van der Waals surface area contributed by atoms with Crippen LogP contribution in [0.2, 0.25) is 0 Å². The molecule has 1 aliphatic rings. The van der Waals surface area contributed by atoms with Gasteiger partial charge in [0.15, 0.2) is 0 Å². The SMILES string of the molecule is COc1ccccc1N1CCN(C(=O)[C@@H](N)C(C)(C)C)CC1.Cl.Cl. The monoisotopic (exact) mass is 377 g/mol. The van der Waals surface area contributed by atoms with E-state index in [9.17, 15) is 4.79 Å². The third-order valence-corrected chi connectivity index (χ3v) is 4.22. The largest absolute Gasteiger partial charge is 0.495 e. The quantitative estimate of drug-likeness (QED) is 0.878. The van der Waals surface area contributed by atoms with Crippen LogP contribution >= 0.6 is 24.8 Å². The second-order valence-corrected chi connectivity index (χ2v) is 6.83. The van der Waals surface area contributed by atoms with Crippen molar-refractivity contribution in [1.29, 1.82) is 0 Å². The van der Waals surface area contributed by atoms with Crippen LogP contribution in [0.4, 0.5) is 5.69 Å². The van der Waals surface area contributed by atoms with Crippen LogP contribution < -0.4 is 15.4 Å². The zero-order valence-corrected chi connectivity index (χ0v) is 16.5. The number of carbonyl (C=O) groups excluding carboxylic acids is 1. The normalized spacial score (nSPS) is 15.9. The molecule has 1 aromatic rings. The van der Waals surface area contributed by atoms with Crippen LogP contribution in [-0.4, -0.2) is 50.1 Å². The number of nitrogens with zero attached hydrogens (tertiary/aromatic N) is 2. The van der Waals surface area contributed by atoms with Gasteiger partial charge in [-0.2, -0.15) is 0 Å². The molecular formula is C17H29Cl2N3O2. The van der Waals surface area contributed by atoms with E-state index in [4.69, 9.17) is 10.5 Å². The average Bonchev–Trinajstić information content (AvgIpc) is 2.52. The van der Waals surface area contributed by atoms with Crippen LogP contribution in [0.25, 0.3) is 0 Å². The number of benzene rings is 1. The Morgan fingerprint density at radius 2 is 1.67 bits per heavy atom. The maximum absolute atomic E-state index is 12.5. The zero-order chi connectivity index (χ0) is 16.3. The van der Waals surface area contributed by atoms with Crippen molar-refractivity contribution >= 4 is 36.4 Å². The van der Waals surface area contributed by atoms with Crippen molar-refractivity contribution in [3.63, 3.8) is 0 Å². The van der Waals surface area contributed by atoms with Crippen LogP contribution in [0.5, 0.6) is 5.75 Å². The van der Waals surface area contributed by atoms with Gasteiger partial charge in [0.1, 0.15) is 5.75 Å². The molecule has 1 amide bonds. The summed E-state index contributed by atoms with van der Waals surface area (Å²) in [6, 6.07) is 7.53. The van der Waals surface area contributed by atoms with E-state index in [-0.39, 0.29) is 36.1 Å². The van der Waals surface area contributed by atoms with Gasteiger partial charge in [0.25, 0.3) is 0 Å². The highest BCUT2D eigenvalue weighted by Crippen LogP contribution is 2.28. The first kappa shape index (κ1) is 22.8. The van der Waals surface area contributed by atoms with Crippen molar-refractivity contribution in [3.8, 4) is 5.75 Å². The minimum atomic E-state index is -0.453. The minimum Gasteiger partial charge on any atom is -0.495 e. The summed E-state index contributed by atoms with van der Waals surface area (Å²) in [4.78, 5) is 16.6. The van der Waals surface area contributed by atoms with Gasteiger partial charge in [-0.15, -0.1) is 24.8 Å². The van der Waals surface area contributed by atoms with E-state index in [0.717, 1.165) is 24.5 Å². The Bertz CT molecular complexity index is 527. The summed E-state index contributed by atoms with van der Waals surface area (Å²) in [5.74, 6) is 0.917. The highest BCUT2D eigenvalue weighted by Gasteiger charge is 2.32. The first-order chi connectivity index (χ1) is 10.3. The number of amides is 1. The Labute approximate surface area is 157 Å². The lowest BCUT2D eigenvalue weighted by Crippen LogP contribution is -2.56. The topological polar surface area (TPSA) is 58.8 Å².